The Morgan fingerprint density at radius 2 is 2.11 bits per heavy atom. The van der Waals surface area contributed by atoms with Gasteiger partial charge in [0.25, 0.3) is 5.91 Å². The van der Waals surface area contributed by atoms with Crippen LogP contribution in [0.3, 0.4) is 0 Å². The summed E-state index contributed by atoms with van der Waals surface area (Å²) in [6, 6.07) is 8.01. The van der Waals surface area contributed by atoms with Crippen LogP contribution in [0.15, 0.2) is 34.8 Å². The average Bonchev–Trinajstić information content (AvgIpc) is 3.37. The Kier molecular flexibility index (Phi) is 4.27. The maximum atomic E-state index is 13.2. The summed E-state index contributed by atoms with van der Waals surface area (Å²) in [5, 5.41) is 11.4. The summed E-state index contributed by atoms with van der Waals surface area (Å²) in [5.41, 5.74) is 0.0132. The number of anilines is 1. The molecule has 2 aromatic rings. The van der Waals surface area contributed by atoms with E-state index in [0.717, 1.165) is 17.3 Å². The monoisotopic (exact) mass is 452 g/mol. The molecule has 1 heterocycles. The van der Waals surface area contributed by atoms with Gasteiger partial charge in [-0.3, -0.25) is 14.9 Å². The van der Waals surface area contributed by atoms with Crippen LogP contribution in [0.5, 0.6) is 11.5 Å². The normalized spacial score (nSPS) is 16.5. The molecule has 0 aromatic heterocycles. The van der Waals surface area contributed by atoms with E-state index in [1.54, 1.807) is 11.0 Å². The molecule has 140 valence electrons. The molecule has 4 rings (SSSR count). The first-order chi connectivity index (χ1) is 12.8. The van der Waals surface area contributed by atoms with Crippen molar-refractivity contribution < 1.29 is 19.2 Å². The summed E-state index contributed by atoms with van der Waals surface area (Å²) in [6.45, 7) is 0.387. The third-order valence-corrected chi connectivity index (χ3v) is 5.48. The van der Waals surface area contributed by atoms with Gasteiger partial charge in [-0.05, 0) is 37.1 Å². The number of nitro groups is 1. The highest BCUT2D eigenvalue weighted by Crippen LogP contribution is 2.49. The largest absolute Gasteiger partial charge is 0.489 e. The molecule has 1 saturated carbocycles. The van der Waals surface area contributed by atoms with E-state index >= 15 is 0 Å². The predicted molar refractivity (Wildman–Crippen MR) is 103 cm³/mol. The van der Waals surface area contributed by atoms with Crippen LogP contribution in [0.4, 0.5) is 11.4 Å². The van der Waals surface area contributed by atoms with E-state index in [1.807, 2.05) is 12.1 Å². The van der Waals surface area contributed by atoms with Crippen LogP contribution in [0.1, 0.15) is 23.2 Å². The predicted octanol–water partition coefficient (Wildman–Crippen LogP) is 4.59. The lowest BCUT2D eigenvalue weighted by Crippen LogP contribution is -2.45. The van der Waals surface area contributed by atoms with E-state index in [-0.39, 0.29) is 33.5 Å². The molecule has 0 radical (unpaired) electrons. The van der Waals surface area contributed by atoms with E-state index < -0.39 is 4.92 Å². The number of carbonyl (C=O) groups is 1. The van der Waals surface area contributed by atoms with Gasteiger partial charge in [-0.15, -0.1) is 0 Å². The van der Waals surface area contributed by atoms with Gasteiger partial charge >= 0.3 is 5.69 Å². The number of carbonyl (C=O) groups excluding carboxylic acids is 1. The first kappa shape index (κ1) is 18.1. The zero-order valence-electron chi connectivity index (χ0n) is 14.2. The van der Waals surface area contributed by atoms with Crippen LogP contribution in [0.25, 0.3) is 0 Å². The van der Waals surface area contributed by atoms with Crippen molar-refractivity contribution in [2.24, 2.45) is 0 Å². The fourth-order valence-electron chi connectivity index (χ4n) is 3.21. The molecular formula is C18H14BrClN2O5. The fourth-order valence-corrected chi connectivity index (χ4v) is 3.84. The minimum atomic E-state index is -0.617. The Morgan fingerprint density at radius 3 is 2.74 bits per heavy atom. The lowest BCUT2D eigenvalue weighted by Gasteiger charge is -2.35. The Morgan fingerprint density at radius 1 is 1.37 bits per heavy atom. The summed E-state index contributed by atoms with van der Waals surface area (Å²) >= 11 is 9.53. The second-order valence-electron chi connectivity index (χ2n) is 6.56. The van der Waals surface area contributed by atoms with Crippen LogP contribution in [-0.4, -0.2) is 30.1 Å². The second-order valence-corrected chi connectivity index (χ2v) is 7.88. The van der Waals surface area contributed by atoms with Crippen LogP contribution in [-0.2, 0) is 0 Å². The number of amides is 1. The molecular weight excluding hydrogens is 440 g/mol. The van der Waals surface area contributed by atoms with Crippen LogP contribution in [0, 0.1) is 10.1 Å². The molecule has 1 spiro atoms. The second kappa shape index (κ2) is 6.38. The van der Waals surface area contributed by atoms with Crippen LogP contribution >= 0.6 is 27.5 Å². The molecule has 0 atom stereocenters. The number of halogens is 2. The number of methoxy groups -OCH3 is 1. The topological polar surface area (TPSA) is 81.9 Å². The Hall–Kier alpha value is -2.32. The zero-order valence-corrected chi connectivity index (χ0v) is 16.5. The molecule has 1 amide bonds. The van der Waals surface area contributed by atoms with E-state index in [9.17, 15) is 14.9 Å². The van der Waals surface area contributed by atoms with E-state index in [4.69, 9.17) is 21.1 Å². The number of nitrogens with zero attached hydrogens (tertiary/aromatic N) is 2. The molecule has 1 aliphatic carbocycles. The number of ether oxygens (including phenoxy) is 2. The van der Waals surface area contributed by atoms with Gasteiger partial charge in [-0.2, -0.15) is 0 Å². The highest BCUT2D eigenvalue weighted by Gasteiger charge is 2.51. The molecule has 0 N–H and O–H groups in total. The number of nitro benzene ring substituents is 1. The Labute approximate surface area is 168 Å². The number of benzene rings is 2. The van der Waals surface area contributed by atoms with Crippen molar-refractivity contribution in [3.05, 3.63) is 55.5 Å². The third-order valence-electron chi connectivity index (χ3n) is 4.71. The lowest BCUT2D eigenvalue weighted by atomic mass is 10.1. The van der Waals surface area contributed by atoms with Crippen molar-refractivity contribution in [3.63, 3.8) is 0 Å². The molecule has 0 unspecified atom stereocenters. The molecule has 1 aliphatic heterocycles. The molecule has 2 aliphatic rings. The van der Waals surface area contributed by atoms with Gasteiger partial charge in [0, 0.05) is 16.1 Å². The van der Waals surface area contributed by atoms with Crippen molar-refractivity contribution in [1.82, 2.24) is 0 Å². The number of rotatable bonds is 3. The minimum Gasteiger partial charge on any atom is -0.489 e. The van der Waals surface area contributed by atoms with Gasteiger partial charge in [0.2, 0.25) is 5.75 Å². The molecule has 9 heteroatoms. The molecule has 7 nitrogen and oxygen atoms in total. The average molecular weight is 454 g/mol. The lowest BCUT2D eigenvalue weighted by molar-refractivity contribution is -0.385. The minimum absolute atomic E-state index is 0.0143. The SMILES string of the molecule is COc1c(Cl)cc(C(=O)N2CC3(CC3)Oc3cc(Br)ccc32)cc1[N+](=O)[O-]. The molecule has 2 aromatic carbocycles. The van der Waals surface area contributed by atoms with Gasteiger partial charge in [0.15, 0.2) is 0 Å². The van der Waals surface area contributed by atoms with Crippen molar-refractivity contribution in [1.29, 1.82) is 0 Å². The molecule has 0 bridgehead atoms. The summed E-state index contributed by atoms with van der Waals surface area (Å²) in [5.74, 6) is 0.166. The highest BCUT2D eigenvalue weighted by molar-refractivity contribution is 9.10. The molecule has 27 heavy (non-hydrogen) atoms. The number of hydrogen-bond donors (Lipinski definition) is 0. The Balaban J connectivity index is 1.78. The molecule has 0 saturated heterocycles. The van der Waals surface area contributed by atoms with Crippen LogP contribution in [0.2, 0.25) is 5.02 Å². The third kappa shape index (κ3) is 3.12. The van der Waals surface area contributed by atoms with Gasteiger partial charge in [0.1, 0.15) is 11.4 Å². The maximum absolute atomic E-state index is 13.2. The van der Waals surface area contributed by atoms with Crippen molar-refractivity contribution in [2.45, 2.75) is 18.4 Å². The van der Waals surface area contributed by atoms with Gasteiger partial charge in [-0.25, -0.2) is 0 Å². The van der Waals surface area contributed by atoms with E-state index in [0.29, 0.717) is 18.0 Å². The van der Waals surface area contributed by atoms with Crippen molar-refractivity contribution in [3.8, 4) is 11.5 Å². The van der Waals surface area contributed by atoms with Gasteiger partial charge in [0.05, 0.1) is 29.3 Å². The first-order valence-corrected chi connectivity index (χ1v) is 9.33. The van der Waals surface area contributed by atoms with Crippen LogP contribution < -0.4 is 14.4 Å². The maximum Gasteiger partial charge on any atom is 0.313 e. The van der Waals surface area contributed by atoms with Crippen molar-refractivity contribution >= 4 is 44.8 Å². The quantitative estimate of drug-likeness (QED) is 0.501. The smallest absolute Gasteiger partial charge is 0.313 e. The summed E-state index contributed by atoms with van der Waals surface area (Å²) in [7, 11) is 1.29. The number of fused-ring (bicyclic) bond motifs is 1. The van der Waals surface area contributed by atoms with E-state index in [2.05, 4.69) is 15.9 Å². The first-order valence-electron chi connectivity index (χ1n) is 8.16. The Bertz CT molecular complexity index is 976. The summed E-state index contributed by atoms with van der Waals surface area (Å²) in [4.78, 5) is 25.6. The fraction of sp³-hybridized carbons (Fsp3) is 0.278. The van der Waals surface area contributed by atoms with E-state index in [1.165, 1.54) is 19.2 Å². The summed E-state index contributed by atoms with van der Waals surface area (Å²) < 4.78 is 11.9. The highest BCUT2D eigenvalue weighted by atomic mass is 79.9. The number of hydrogen-bond acceptors (Lipinski definition) is 5. The van der Waals surface area contributed by atoms with Crippen molar-refractivity contribution in [2.75, 3.05) is 18.6 Å². The van der Waals surface area contributed by atoms with Gasteiger partial charge in [-0.1, -0.05) is 27.5 Å². The zero-order chi connectivity index (χ0) is 19.3. The van der Waals surface area contributed by atoms with Gasteiger partial charge < -0.3 is 14.4 Å². The summed E-state index contributed by atoms with van der Waals surface area (Å²) in [6.07, 6.45) is 1.71. The molecule has 1 fully saturated rings. The standard InChI is InChI=1S/C18H14BrClN2O5/c1-26-16-12(20)6-10(7-14(16)22(24)25)17(23)21-9-18(4-5-18)27-15-8-11(19)2-3-13(15)21/h2-3,6-8H,4-5,9H2,1H3.